The van der Waals surface area contributed by atoms with Crippen LogP contribution in [0.25, 0.3) is 16.9 Å². The lowest BCUT2D eigenvalue weighted by molar-refractivity contribution is -0.137. The maximum atomic E-state index is 14.0. The molecule has 1 aliphatic carbocycles. The Hall–Kier alpha value is -2.84. The molecule has 33 heavy (non-hydrogen) atoms. The lowest BCUT2D eigenvalue weighted by Gasteiger charge is -2.22. The molecule has 0 bridgehead atoms. The number of aliphatic hydroxyl groups excluding tert-OH is 1. The Labute approximate surface area is 193 Å². The quantitative estimate of drug-likeness (QED) is 0.600. The summed E-state index contributed by atoms with van der Waals surface area (Å²) in [5.74, 6) is 0. The van der Waals surface area contributed by atoms with Crippen LogP contribution in [0.4, 0.5) is 18.9 Å². The number of alkyl halides is 3. The van der Waals surface area contributed by atoms with Gasteiger partial charge in [-0.15, -0.1) is 0 Å². The molecule has 0 saturated carbocycles. The summed E-state index contributed by atoms with van der Waals surface area (Å²) in [4.78, 5) is 15.1. The van der Waals surface area contributed by atoms with Gasteiger partial charge in [0.2, 0.25) is 0 Å². The minimum atomic E-state index is -4.68. The molecular formula is C24H21ClF3N3O2. The Morgan fingerprint density at radius 2 is 1.85 bits per heavy atom. The standard InChI is InChI=1S/C24H21ClF3N3O2/c25-20-7-2-1-4-18(20)22-16-5-3-6-17(16)23(33)31(29-22)21-12-14(30-11-10-15(32)13-30)8-9-19(21)24(26,27)28/h1-2,4,7-9,12,15,32H,3,5-6,10-11,13H2/t15-/m0/s1. The van der Waals surface area contributed by atoms with Crippen LogP contribution in [0.1, 0.15) is 29.5 Å². The van der Waals surface area contributed by atoms with Gasteiger partial charge in [-0.2, -0.15) is 23.0 Å². The van der Waals surface area contributed by atoms with E-state index in [0.717, 1.165) is 22.7 Å². The molecule has 1 N–H and O–H groups in total. The van der Waals surface area contributed by atoms with Crippen molar-refractivity contribution in [1.82, 2.24) is 9.78 Å². The van der Waals surface area contributed by atoms with Crippen LogP contribution >= 0.6 is 11.6 Å². The van der Waals surface area contributed by atoms with Crippen molar-refractivity contribution in [3.05, 3.63) is 74.5 Å². The van der Waals surface area contributed by atoms with Crippen molar-refractivity contribution in [2.75, 3.05) is 18.0 Å². The molecule has 5 nitrogen and oxygen atoms in total. The van der Waals surface area contributed by atoms with Crippen molar-refractivity contribution in [2.45, 2.75) is 38.0 Å². The van der Waals surface area contributed by atoms with Crippen LogP contribution in [-0.2, 0) is 19.0 Å². The number of nitrogens with zero attached hydrogens (tertiary/aromatic N) is 3. The number of aromatic nitrogens is 2. The fourth-order valence-electron chi connectivity index (χ4n) is 4.72. The second-order valence-corrected chi connectivity index (χ2v) is 8.85. The molecule has 2 heterocycles. The molecule has 3 aromatic rings. The fourth-order valence-corrected chi connectivity index (χ4v) is 4.94. The highest BCUT2D eigenvalue weighted by molar-refractivity contribution is 6.33. The monoisotopic (exact) mass is 475 g/mol. The normalized spacial score (nSPS) is 18.1. The summed E-state index contributed by atoms with van der Waals surface area (Å²) >= 11 is 6.39. The van der Waals surface area contributed by atoms with Crippen LogP contribution in [-0.4, -0.2) is 34.1 Å². The smallest absolute Gasteiger partial charge is 0.391 e. The maximum absolute atomic E-state index is 14.0. The highest BCUT2D eigenvalue weighted by Gasteiger charge is 2.36. The summed E-state index contributed by atoms with van der Waals surface area (Å²) in [6.07, 6.45) is -2.85. The second kappa shape index (κ2) is 8.18. The zero-order valence-corrected chi connectivity index (χ0v) is 18.3. The molecule has 1 saturated heterocycles. The van der Waals surface area contributed by atoms with E-state index < -0.39 is 23.4 Å². The Balaban J connectivity index is 1.76. The van der Waals surface area contributed by atoms with E-state index in [2.05, 4.69) is 5.10 Å². The zero-order chi connectivity index (χ0) is 23.3. The van der Waals surface area contributed by atoms with Gasteiger partial charge in [0.05, 0.1) is 28.1 Å². The number of aliphatic hydroxyl groups is 1. The Morgan fingerprint density at radius 3 is 2.55 bits per heavy atom. The highest BCUT2D eigenvalue weighted by Crippen LogP contribution is 2.38. The number of β-amino-alcohol motifs (C(OH)–C–C–N with tert-alkyl or cyclic N) is 1. The molecule has 172 valence electrons. The summed E-state index contributed by atoms with van der Waals surface area (Å²) in [5.41, 5.74) is 0.941. The van der Waals surface area contributed by atoms with Crippen LogP contribution in [0.2, 0.25) is 5.02 Å². The minimum Gasteiger partial charge on any atom is -0.391 e. The molecule has 0 amide bonds. The maximum Gasteiger partial charge on any atom is 0.418 e. The fraction of sp³-hybridized carbons (Fsp3) is 0.333. The molecule has 0 radical (unpaired) electrons. The van der Waals surface area contributed by atoms with Crippen molar-refractivity contribution >= 4 is 17.3 Å². The van der Waals surface area contributed by atoms with Gasteiger partial charge < -0.3 is 10.0 Å². The van der Waals surface area contributed by atoms with E-state index in [1.54, 1.807) is 24.3 Å². The third kappa shape index (κ3) is 3.91. The number of fused-ring (bicyclic) bond motifs is 1. The summed E-state index contributed by atoms with van der Waals surface area (Å²) in [7, 11) is 0. The number of rotatable bonds is 3. The van der Waals surface area contributed by atoms with Crippen molar-refractivity contribution in [3.63, 3.8) is 0 Å². The van der Waals surface area contributed by atoms with Crippen molar-refractivity contribution < 1.29 is 18.3 Å². The van der Waals surface area contributed by atoms with Gasteiger partial charge in [-0.25, -0.2) is 0 Å². The molecule has 5 rings (SSSR count). The topological polar surface area (TPSA) is 58.4 Å². The van der Waals surface area contributed by atoms with Crippen LogP contribution in [0.15, 0.2) is 47.3 Å². The number of benzene rings is 2. The molecule has 1 aromatic heterocycles. The van der Waals surface area contributed by atoms with Crippen LogP contribution in [0.3, 0.4) is 0 Å². The minimum absolute atomic E-state index is 0.322. The average Bonchev–Trinajstić information content (AvgIpc) is 3.43. The van der Waals surface area contributed by atoms with E-state index in [9.17, 15) is 23.1 Å². The van der Waals surface area contributed by atoms with E-state index >= 15 is 0 Å². The van der Waals surface area contributed by atoms with E-state index in [1.807, 2.05) is 4.90 Å². The molecule has 1 fully saturated rings. The van der Waals surface area contributed by atoms with Crippen molar-refractivity contribution in [3.8, 4) is 16.9 Å². The highest BCUT2D eigenvalue weighted by atomic mass is 35.5. The lowest BCUT2D eigenvalue weighted by atomic mass is 10.0. The SMILES string of the molecule is O=c1c2c(c(-c3ccccc3Cl)nn1-c1cc(N3CC[C@H](O)C3)ccc1C(F)(F)F)CCC2. The second-order valence-electron chi connectivity index (χ2n) is 8.44. The number of hydrogen-bond acceptors (Lipinski definition) is 4. The number of anilines is 1. The van der Waals surface area contributed by atoms with Gasteiger partial charge in [0.25, 0.3) is 5.56 Å². The third-order valence-corrected chi connectivity index (χ3v) is 6.66. The molecule has 2 aromatic carbocycles. The molecule has 2 aliphatic rings. The molecule has 1 atom stereocenters. The van der Waals surface area contributed by atoms with Crippen molar-refractivity contribution in [1.29, 1.82) is 0 Å². The van der Waals surface area contributed by atoms with Crippen molar-refractivity contribution in [2.24, 2.45) is 0 Å². The zero-order valence-electron chi connectivity index (χ0n) is 17.6. The van der Waals surface area contributed by atoms with E-state index in [1.165, 1.54) is 12.1 Å². The van der Waals surface area contributed by atoms with Crippen LogP contribution < -0.4 is 10.5 Å². The van der Waals surface area contributed by atoms with Gasteiger partial charge >= 0.3 is 6.18 Å². The summed E-state index contributed by atoms with van der Waals surface area (Å²) < 4.78 is 42.8. The predicted octanol–water partition coefficient (Wildman–Crippen LogP) is 4.63. The van der Waals surface area contributed by atoms with E-state index in [0.29, 0.717) is 59.9 Å². The largest absolute Gasteiger partial charge is 0.418 e. The Bertz CT molecular complexity index is 1290. The molecular weight excluding hydrogens is 455 g/mol. The predicted molar refractivity (Wildman–Crippen MR) is 120 cm³/mol. The molecule has 0 unspecified atom stereocenters. The van der Waals surface area contributed by atoms with Crippen LogP contribution in [0, 0.1) is 0 Å². The summed E-state index contributed by atoms with van der Waals surface area (Å²) in [6, 6.07) is 10.7. The van der Waals surface area contributed by atoms with Gasteiger partial charge in [-0.3, -0.25) is 4.79 Å². The first-order valence-corrected chi connectivity index (χ1v) is 11.2. The number of halogens is 4. The molecule has 9 heteroatoms. The lowest BCUT2D eigenvalue weighted by Crippen LogP contribution is -2.29. The summed E-state index contributed by atoms with van der Waals surface area (Å²) in [6.45, 7) is 0.839. The number of hydrogen-bond donors (Lipinski definition) is 1. The van der Waals surface area contributed by atoms with Gasteiger partial charge in [0.15, 0.2) is 0 Å². The van der Waals surface area contributed by atoms with E-state index in [4.69, 9.17) is 11.6 Å². The van der Waals surface area contributed by atoms with E-state index in [-0.39, 0.29) is 5.69 Å². The van der Waals surface area contributed by atoms with Gasteiger partial charge in [0, 0.05) is 29.9 Å². The van der Waals surface area contributed by atoms with Crippen LogP contribution in [0.5, 0.6) is 0 Å². The van der Waals surface area contributed by atoms with Gasteiger partial charge in [-0.1, -0.05) is 29.8 Å². The molecule has 0 spiro atoms. The Morgan fingerprint density at radius 1 is 1.09 bits per heavy atom. The van der Waals surface area contributed by atoms with Gasteiger partial charge in [0.1, 0.15) is 0 Å². The summed E-state index contributed by atoms with van der Waals surface area (Å²) in [5, 5.41) is 14.7. The molecule has 1 aliphatic heterocycles. The Kier molecular flexibility index (Phi) is 5.45. The first-order chi connectivity index (χ1) is 15.7. The third-order valence-electron chi connectivity index (χ3n) is 6.33. The first-order valence-electron chi connectivity index (χ1n) is 10.8. The average molecular weight is 476 g/mol. The first kappa shape index (κ1) is 22.0. The van der Waals surface area contributed by atoms with Gasteiger partial charge in [-0.05, 0) is 55.5 Å².